The summed E-state index contributed by atoms with van der Waals surface area (Å²) in [6.07, 6.45) is 0. The van der Waals surface area contributed by atoms with Crippen molar-refractivity contribution in [1.82, 2.24) is 14.5 Å². The van der Waals surface area contributed by atoms with Crippen LogP contribution in [0.3, 0.4) is 0 Å². The Morgan fingerprint density at radius 2 is 0.984 bits per heavy atom. The molecule has 0 fully saturated rings. The van der Waals surface area contributed by atoms with Gasteiger partial charge in [0, 0.05) is 43.6 Å². The first kappa shape index (κ1) is 34.5. The minimum atomic E-state index is -0.571. The molecule has 0 saturated carbocycles. The fourth-order valence-corrected chi connectivity index (χ4v) is 12.6. The van der Waals surface area contributed by atoms with Crippen molar-refractivity contribution in [2.75, 3.05) is 0 Å². The summed E-state index contributed by atoms with van der Waals surface area (Å²) in [7, 11) is 0. The maximum Gasteiger partial charge on any atom is 0.235 e. The molecule has 10 aromatic carbocycles. The molecule has 15 rings (SSSR count). The summed E-state index contributed by atoms with van der Waals surface area (Å²) in [5.74, 6) is 2.32. The first-order valence-electron chi connectivity index (χ1n) is 21.8. The van der Waals surface area contributed by atoms with Gasteiger partial charge in [0.05, 0.1) is 32.4 Å². The van der Waals surface area contributed by atoms with Crippen LogP contribution in [0.4, 0.5) is 0 Å². The molecule has 0 saturated heterocycles. The maximum atomic E-state index is 7.05. The SMILES string of the molecule is c1ccc2c(c1)Oc1cc3c(cc1C21c2ccccc2-c2ccccc21)c1ccccc1n3-c1nc(-c2ccc3c4ccccc4c4ccccc4c3c2)c2sc3ccccc3c2n1. The average molecular weight is 832 g/mol. The Hall–Kier alpha value is -8.12. The highest BCUT2D eigenvalue weighted by Crippen LogP contribution is 2.62. The van der Waals surface area contributed by atoms with Crippen molar-refractivity contribution in [2.45, 2.75) is 5.41 Å². The molecule has 3 aromatic heterocycles. The highest BCUT2D eigenvalue weighted by atomic mass is 32.1. The highest BCUT2D eigenvalue weighted by molar-refractivity contribution is 7.26. The standard InChI is InChI=1S/C59H33N3OS/c1-2-17-37-35(15-1)36-16-3-4-18-38(36)44-31-34(29-30-39(37)44)55-57-56(43-22-8-14-28-54(43)64-57)61-58(60-55)62-50-26-12-7-21-42(50)45-32-49-53(33-51(45)62)63-52-27-13-11-25-48(52)59(49)46-23-9-5-19-40(46)41-20-6-10-24-47(41)59/h1-33H. The number of ether oxygens (including phenoxy) is 1. The number of benzene rings is 10. The Morgan fingerprint density at radius 3 is 1.72 bits per heavy atom. The summed E-state index contributed by atoms with van der Waals surface area (Å²) >= 11 is 1.77. The predicted octanol–water partition coefficient (Wildman–Crippen LogP) is 15.5. The summed E-state index contributed by atoms with van der Waals surface area (Å²) in [6, 6.07) is 72.8. The molecule has 1 aliphatic heterocycles. The average Bonchev–Trinajstić information content (AvgIpc) is 3.99. The van der Waals surface area contributed by atoms with Crippen molar-refractivity contribution in [3.8, 4) is 39.8 Å². The van der Waals surface area contributed by atoms with Gasteiger partial charge in [0.15, 0.2) is 0 Å². The van der Waals surface area contributed by atoms with Gasteiger partial charge in [0.25, 0.3) is 0 Å². The Labute approximate surface area is 370 Å². The van der Waals surface area contributed by atoms with E-state index in [4.69, 9.17) is 14.7 Å². The van der Waals surface area contributed by atoms with Crippen LogP contribution >= 0.6 is 11.3 Å². The van der Waals surface area contributed by atoms with Crippen LogP contribution in [0.15, 0.2) is 200 Å². The third-order valence-corrected chi connectivity index (χ3v) is 15.2. The number of hydrogen-bond donors (Lipinski definition) is 0. The molecular formula is C59H33N3OS. The van der Waals surface area contributed by atoms with Gasteiger partial charge in [0.2, 0.25) is 5.95 Å². The second-order valence-corrected chi connectivity index (χ2v) is 18.2. The van der Waals surface area contributed by atoms with Crippen molar-refractivity contribution in [3.63, 3.8) is 0 Å². The van der Waals surface area contributed by atoms with Gasteiger partial charge >= 0.3 is 0 Å². The van der Waals surface area contributed by atoms with E-state index in [1.54, 1.807) is 11.3 Å². The molecule has 1 spiro atoms. The lowest BCUT2D eigenvalue weighted by atomic mass is 9.66. The van der Waals surface area contributed by atoms with E-state index < -0.39 is 5.41 Å². The highest BCUT2D eigenvalue weighted by Gasteiger charge is 2.51. The third-order valence-electron chi connectivity index (χ3n) is 14.1. The Bertz CT molecular complexity index is 4120. The van der Waals surface area contributed by atoms with Crippen molar-refractivity contribution < 1.29 is 4.74 Å². The molecule has 0 atom stereocenters. The topological polar surface area (TPSA) is 39.9 Å². The molecule has 0 N–H and O–H groups in total. The third kappa shape index (κ3) is 4.36. The lowest BCUT2D eigenvalue weighted by Crippen LogP contribution is -2.32. The van der Waals surface area contributed by atoms with E-state index in [0.29, 0.717) is 5.95 Å². The minimum Gasteiger partial charge on any atom is -0.457 e. The minimum absolute atomic E-state index is 0.571. The largest absolute Gasteiger partial charge is 0.457 e. The van der Waals surface area contributed by atoms with Gasteiger partial charge in [-0.3, -0.25) is 4.57 Å². The van der Waals surface area contributed by atoms with Gasteiger partial charge in [-0.05, 0) is 84.9 Å². The van der Waals surface area contributed by atoms with E-state index in [1.165, 1.54) is 59.3 Å². The number of fused-ring (bicyclic) bond motifs is 21. The molecule has 4 heterocycles. The normalized spacial score (nSPS) is 13.6. The van der Waals surface area contributed by atoms with Crippen LogP contribution in [0.2, 0.25) is 0 Å². The first-order valence-corrected chi connectivity index (χ1v) is 22.6. The molecule has 0 radical (unpaired) electrons. The number of aromatic nitrogens is 3. The molecular weight excluding hydrogens is 799 g/mol. The van der Waals surface area contributed by atoms with Crippen LogP contribution in [0.25, 0.3) is 103 Å². The van der Waals surface area contributed by atoms with Gasteiger partial charge in [-0.25, -0.2) is 9.97 Å². The summed E-state index contributed by atoms with van der Waals surface area (Å²) in [5, 5.41) is 10.8. The zero-order valence-corrected chi connectivity index (χ0v) is 35.0. The van der Waals surface area contributed by atoms with Gasteiger partial charge < -0.3 is 4.74 Å². The Kier molecular flexibility index (Phi) is 6.73. The quantitative estimate of drug-likeness (QED) is 0.163. The zero-order valence-electron chi connectivity index (χ0n) is 34.2. The van der Waals surface area contributed by atoms with Crippen molar-refractivity contribution in [2.24, 2.45) is 0 Å². The van der Waals surface area contributed by atoms with Gasteiger partial charge in [0.1, 0.15) is 11.5 Å². The lowest BCUT2D eigenvalue weighted by Gasteiger charge is -2.39. The fraction of sp³-hybridized carbons (Fsp3) is 0.0169. The number of hydrogen-bond acceptors (Lipinski definition) is 4. The van der Waals surface area contributed by atoms with Crippen molar-refractivity contribution >= 4 is 85.8 Å². The van der Waals surface area contributed by atoms with E-state index in [-0.39, 0.29) is 0 Å². The van der Waals surface area contributed by atoms with E-state index >= 15 is 0 Å². The van der Waals surface area contributed by atoms with Crippen LogP contribution in [0.1, 0.15) is 22.3 Å². The van der Waals surface area contributed by atoms with Crippen molar-refractivity contribution in [3.05, 3.63) is 222 Å². The summed E-state index contributed by atoms with van der Waals surface area (Å²) in [4.78, 5) is 11.2. The monoisotopic (exact) mass is 831 g/mol. The summed E-state index contributed by atoms with van der Waals surface area (Å²) in [5.41, 5.74) is 11.8. The van der Waals surface area contributed by atoms with Gasteiger partial charge in [-0.15, -0.1) is 11.3 Å². The fourth-order valence-electron chi connectivity index (χ4n) is 11.5. The van der Waals surface area contributed by atoms with Gasteiger partial charge in [-0.1, -0.05) is 164 Å². The summed E-state index contributed by atoms with van der Waals surface area (Å²) < 4.78 is 11.6. The molecule has 2 aliphatic rings. The molecule has 1 aliphatic carbocycles. The maximum absolute atomic E-state index is 7.05. The Morgan fingerprint density at radius 1 is 0.406 bits per heavy atom. The molecule has 4 nitrogen and oxygen atoms in total. The smallest absolute Gasteiger partial charge is 0.235 e. The van der Waals surface area contributed by atoms with Crippen LogP contribution in [0, 0.1) is 0 Å². The van der Waals surface area contributed by atoms with Crippen LogP contribution < -0.4 is 4.74 Å². The molecule has 0 bridgehead atoms. The number of rotatable bonds is 2. The molecule has 0 amide bonds. The molecule has 64 heavy (non-hydrogen) atoms. The Balaban J connectivity index is 1.04. The molecule has 13 aromatic rings. The van der Waals surface area contributed by atoms with E-state index in [1.807, 2.05) is 0 Å². The van der Waals surface area contributed by atoms with E-state index in [9.17, 15) is 0 Å². The van der Waals surface area contributed by atoms with Gasteiger partial charge in [-0.2, -0.15) is 0 Å². The lowest BCUT2D eigenvalue weighted by molar-refractivity contribution is 0.437. The van der Waals surface area contributed by atoms with Crippen LogP contribution in [-0.4, -0.2) is 14.5 Å². The van der Waals surface area contributed by atoms with Crippen LogP contribution in [-0.2, 0) is 5.41 Å². The molecule has 0 unspecified atom stereocenters. The predicted molar refractivity (Wildman–Crippen MR) is 265 cm³/mol. The summed E-state index contributed by atoms with van der Waals surface area (Å²) in [6.45, 7) is 0. The van der Waals surface area contributed by atoms with E-state index in [0.717, 1.165) is 71.3 Å². The number of nitrogens with zero attached hydrogens (tertiary/aromatic N) is 3. The van der Waals surface area contributed by atoms with Crippen molar-refractivity contribution in [1.29, 1.82) is 0 Å². The first-order chi connectivity index (χ1) is 31.7. The zero-order chi connectivity index (χ0) is 41.7. The second kappa shape index (κ2) is 12.5. The van der Waals surface area contributed by atoms with Crippen LogP contribution in [0.5, 0.6) is 11.5 Å². The number of para-hydroxylation sites is 2. The second-order valence-electron chi connectivity index (χ2n) is 17.2. The molecule has 5 heteroatoms. The number of thiophene rings is 1. The molecule has 296 valence electrons. The van der Waals surface area contributed by atoms with E-state index in [2.05, 4.69) is 205 Å².